The SMILES string of the molecule is CC1(C)[C@@H](O[C@@H]2O[C@H](C(=O)O)[C@@H](O)[C@H](O)[C@H]2O[C@@H]2O[C@H](C(=O)O)[C@@H](O)[C@H](O)[C@H]2O)CC[C@]2(C)C3=CC=C4[C@@H]5C[C@](C)(CO)[C@@H](O)C[C@]5(C)CC[C@@]4(C)[C@]3(C)CC[C@@H]12. The quantitative estimate of drug-likeness (QED) is 0.167. The minimum atomic E-state index is -2.01. The zero-order chi connectivity index (χ0) is 42.0. The molecule has 0 aromatic rings. The van der Waals surface area contributed by atoms with Gasteiger partial charge in [0.15, 0.2) is 24.8 Å². The lowest BCUT2D eigenvalue weighted by atomic mass is 9.36. The predicted octanol–water partition coefficient (Wildman–Crippen LogP) is 1.87. The van der Waals surface area contributed by atoms with Crippen LogP contribution in [-0.4, -0.2) is 138 Å². The molecule has 322 valence electrons. The third-order valence-electron chi connectivity index (χ3n) is 17.0. The van der Waals surface area contributed by atoms with Crippen molar-refractivity contribution >= 4 is 11.9 Å². The van der Waals surface area contributed by atoms with Crippen molar-refractivity contribution in [1.82, 2.24) is 0 Å². The van der Waals surface area contributed by atoms with Crippen molar-refractivity contribution in [2.24, 2.45) is 44.3 Å². The summed E-state index contributed by atoms with van der Waals surface area (Å²) < 4.78 is 23.5. The van der Waals surface area contributed by atoms with E-state index in [9.17, 15) is 55.5 Å². The monoisotopic (exact) mass is 808 g/mol. The number of fused-ring (bicyclic) bond motifs is 7. The molecule has 0 bridgehead atoms. The lowest BCUT2D eigenvalue weighted by Gasteiger charge is -2.69. The molecule has 0 amide bonds. The molecule has 19 atom stereocenters. The molecule has 57 heavy (non-hydrogen) atoms. The Morgan fingerprint density at radius 1 is 0.702 bits per heavy atom. The number of carboxylic acids is 2. The molecule has 9 N–H and O–H groups in total. The maximum atomic E-state index is 12.2. The first-order valence-corrected chi connectivity index (χ1v) is 20.6. The van der Waals surface area contributed by atoms with Gasteiger partial charge in [-0.1, -0.05) is 71.8 Å². The second-order valence-corrected chi connectivity index (χ2v) is 20.4. The summed E-state index contributed by atoms with van der Waals surface area (Å²) in [6.07, 6.45) is -9.26. The maximum Gasteiger partial charge on any atom is 0.335 e. The standard InChI is InChI=1S/C42H64O15/c1-37(2)21-10-13-42(7)22(9-8-19-20-16-39(4,18-43)23(44)17-38(20,3)14-15-41(19,42)6)40(21,5)12-11-24(37)54-36-32(28(48)27(47)31(56-36)34(52)53)57-35-29(49)25(45)26(46)30(55-35)33(50)51/h8-9,20-21,23-32,35-36,43-49H,10-18H2,1-7H3,(H,50,51)(H,52,53)/t20-,21-,23-,24-,25-,26-,27-,28-,29+,30-,31-,32+,35-,36+,38-,39+,40-,41+,42+/m0/s1. The van der Waals surface area contributed by atoms with Crippen LogP contribution in [0.1, 0.15) is 99.8 Å². The molecule has 0 spiro atoms. The molecule has 2 aliphatic heterocycles. The van der Waals surface area contributed by atoms with Gasteiger partial charge in [0.05, 0.1) is 18.8 Å². The second kappa shape index (κ2) is 14.3. The van der Waals surface area contributed by atoms with E-state index in [1.54, 1.807) is 0 Å². The molecule has 0 unspecified atom stereocenters. The van der Waals surface area contributed by atoms with Crippen LogP contribution in [0.3, 0.4) is 0 Å². The lowest BCUT2D eigenvalue weighted by molar-refractivity contribution is -0.370. The van der Waals surface area contributed by atoms with Crippen LogP contribution in [0.5, 0.6) is 0 Å². The number of hydrogen-bond donors (Lipinski definition) is 9. The summed E-state index contributed by atoms with van der Waals surface area (Å²) in [5.74, 6) is -2.89. The maximum absolute atomic E-state index is 12.2. The topological polar surface area (TPSA) is 253 Å². The summed E-state index contributed by atoms with van der Waals surface area (Å²) in [5, 5.41) is 94.3. The van der Waals surface area contributed by atoms with E-state index >= 15 is 0 Å². The Hall–Kier alpha value is -2.02. The summed E-state index contributed by atoms with van der Waals surface area (Å²) in [6.45, 7) is 15.6. The number of hydrogen-bond acceptors (Lipinski definition) is 13. The Morgan fingerprint density at radius 3 is 1.93 bits per heavy atom. The normalized spacial score (nSPS) is 53.2. The fourth-order valence-electron chi connectivity index (χ4n) is 12.9. The molecule has 5 aliphatic carbocycles. The molecule has 0 radical (unpaired) electrons. The fraction of sp³-hybridized carbons (Fsp3) is 0.857. The number of ether oxygens (including phenoxy) is 4. The molecule has 0 aromatic heterocycles. The van der Waals surface area contributed by atoms with Crippen LogP contribution in [0.25, 0.3) is 0 Å². The minimum Gasteiger partial charge on any atom is -0.479 e. The van der Waals surface area contributed by atoms with Crippen molar-refractivity contribution < 1.29 is 74.5 Å². The fourth-order valence-corrected chi connectivity index (χ4v) is 12.9. The van der Waals surface area contributed by atoms with Gasteiger partial charge in [-0.05, 0) is 90.3 Å². The van der Waals surface area contributed by atoms with Gasteiger partial charge in [0.2, 0.25) is 0 Å². The third kappa shape index (κ3) is 6.31. The number of aliphatic hydroxyl groups excluding tert-OH is 7. The van der Waals surface area contributed by atoms with Gasteiger partial charge in [-0.15, -0.1) is 0 Å². The van der Waals surface area contributed by atoms with Gasteiger partial charge >= 0.3 is 11.9 Å². The smallest absolute Gasteiger partial charge is 0.335 e. The van der Waals surface area contributed by atoms with Crippen molar-refractivity contribution in [3.63, 3.8) is 0 Å². The Balaban J connectivity index is 1.17. The summed E-state index contributed by atoms with van der Waals surface area (Å²) in [7, 11) is 0. The highest BCUT2D eigenvalue weighted by atomic mass is 16.8. The predicted molar refractivity (Wildman–Crippen MR) is 200 cm³/mol. The highest BCUT2D eigenvalue weighted by molar-refractivity contribution is 5.74. The van der Waals surface area contributed by atoms with Crippen molar-refractivity contribution in [3.05, 3.63) is 23.3 Å². The largest absolute Gasteiger partial charge is 0.479 e. The van der Waals surface area contributed by atoms with E-state index < -0.39 is 96.4 Å². The summed E-state index contributed by atoms with van der Waals surface area (Å²) in [5.41, 5.74) is 1.07. The summed E-state index contributed by atoms with van der Waals surface area (Å²) in [4.78, 5) is 24.0. The van der Waals surface area contributed by atoms with Gasteiger partial charge in [-0.2, -0.15) is 0 Å². The molecule has 2 heterocycles. The van der Waals surface area contributed by atoms with Crippen molar-refractivity contribution in [1.29, 1.82) is 0 Å². The number of allylic oxidation sites excluding steroid dienone is 4. The molecule has 2 saturated heterocycles. The molecule has 4 saturated carbocycles. The first kappa shape index (κ1) is 43.1. The molecule has 7 rings (SSSR count). The average molecular weight is 809 g/mol. The van der Waals surface area contributed by atoms with E-state index in [1.165, 1.54) is 11.1 Å². The van der Waals surface area contributed by atoms with Crippen molar-refractivity contribution in [2.45, 2.75) is 173 Å². The van der Waals surface area contributed by atoms with E-state index in [0.717, 1.165) is 32.1 Å². The highest BCUT2D eigenvalue weighted by Gasteiger charge is 2.67. The Morgan fingerprint density at radius 2 is 1.32 bits per heavy atom. The molecule has 7 aliphatic rings. The Kier molecular flexibility index (Phi) is 10.8. The number of aliphatic hydroxyl groups is 7. The number of rotatable bonds is 7. The molecule has 15 heteroatoms. The van der Waals surface area contributed by atoms with Crippen LogP contribution in [0, 0.1) is 44.3 Å². The molecule has 0 aromatic carbocycles. The van der Waals surface area contributed by atoms with Crippen LogP contribution < -0.4 is 0 Å². The number of aliphatic carboxylic acids is 2. The Labute approximate surface area is 333 Å². The average Bonchev–Trinajstić information content (AvgIpc) is 3.13. The molecule has 6 fully saturated rings. The first-order valence-electron chi connectivity index (χ1n) is 20.6. The second-order valence-electron chi connectivity index (χ2n) is 20.4. The van der Waals surface area contributed by atoms with Gasteiger partial charge in [-0.3, -0.25) is 0 Å². The zero-order valence-corrected chi connectivity index (χ0v) is 34.1. The van der Waals surface area contributed by atoms with Crippen molar-refractivity contribution in [2.75, 3.05) is 6.61 Å². The zero-order valence-electron chi connectivity index (χ0n) is 34.1. The van der Waals surface area contributed by atoms with E-state index in [1.807, 2.05) is 6.92 Å². The van der Waals surface area contributed by atoms with Gasteiger partial charge in [0, 0.05) is 5.41 Å². The van der Waals surface area contributed by atoms with Gasteiger partial charge in [0.1, 0.15) is 36.6 Å². The van der Waals surface area contributed by atoms with Crippen LogP contribution >= 0.6 is 0 Å². The highest BCUT2D eigenvalue weighted by Crippen LogP contribution is 2.74. The van der Waals surface area contributed by atoms with E-state index in [0.29, 0.717) is 19.3 Å². The molecular weight excluding hydrogens is 744 g/mol. The van der Waals surface area contributed by atoms with Crippen LogP contribution in [0.2, 0.25) is 0 Å². The summed E-state index contributed by atoms with van der Waals surface area (Å²) >= 11 is 0. The number of carbonyl (C=O) groups is 2. The van der Waals surface area contributed by atoms with Gasteiger partial charge in [-0.25, -0.2) is 9.59 Å². The van der Waals surface area contributed by atoms with Crippen molar-refractivity contribution in [3.8, 4) is 0 Å². The molecular formula is C42H64O15. The van der Waals surface area contributed by atoms with E-state index in [4.69, 9.17) is 18.9 Å². The van der Waals surface area contributed by atoms with E-state index in [2.05, 4.69) is 53.7 Å². The van der Waals surface area contributed by atoms with Gasteiger partial charge in [0.25, 0.3) is 0 Å². The van der Waals surface area contributed by atoms with Crippen LogP contribution in [-0.2, 0) is 28.5 Å². The van der Waals surface area contributed by atoms with Crippen LogP contribution in [0.15, 0.2) is 23.3 Å². The van der Waals surface area contributed by atoms with Gasteiger partial charge < -0.3 is 64.9 Å². The Bertz CT molecular complexity index is 1660. The van der Waals surface area contributed by atoms with E-state index in [-0.39, 0.29) is 40.1 Å². The minimum absolute atomic E-state index is 0.0636. The first-order chi connectivity index (χ1) is 26.4. The lowest BCUT2D eigenvalue weighted by Crippen LogP contribution is -2.66. The summed E-state index contributed by atoms with van der Waals surface area (Å²) in [6, 6.07) is 0. The van der Waals surface area contributed by atoms with Crippen LogP contribution in [0.4, 0.5) is 0 Å². The third-order valence-corrected chi connectivity index (χ3v) is 17.0. The number of carboxylic acid groups (broad SMARTS) is 2. The molecule has 15 nitrogen and oxygen atoms in total.